The number of benzene rings is 1. The molecule has 0 aliphatic heterocycles. The lowest BCUT2D eigenvalue weighted by Crippen LogP contribution is -2.35. The molecule has 0 spiro atoms. The summed E-state index contributed by atoms with van der Waals surface area (Å²) in [6.45, 7) is 6.24. The Balaban J connectivity index is 1.88. The quantitative estimate of drug-likeness (QED) is 0.378. The fourth-order valence-electron chi connectivity index (χ4n) is 5.57. The number of pyridine rings is 1. The summed E-state index contributed by atoms with van der Waals surface area (Å²) in [6.07, 6.45) is 2.45. The zero-order chi connectivity index (χ0) is 25.1. The second-order valence-corrected chi connectivity index (χ2v) is 10.3. The second-order valence-electron chi connectivity index (χ2n) is 10.3. The van der Waals surface area contributed by atoms with Crippen LogP contribution in [0.4, 0.5) is 4.39 Å². The number of fused-ring (bicyclic) bond motifs is 2. The van der Waals surface area contributed by atoms with Crippen molar-refractivity contribution in [3.63, 3.8) is 0 Å². The lowest BCUT2D eigenvalue weighted by atomic mass is 9.82. The van der Waals surface area contributed by atoms with Gasteiger partial charge in [-0.25, -0.2) is 14.2 Å². The minimum absolute atomic E-state index is 0.0860. The number of nitrogens with zero attached hydrogens (tertiary/aromatic N) is 3. The highest BCUT2D eigenvalue weighted by Crippen LogP contribution is 2.48. The van der Waals surface area contributed by atoms with Gasteiger partial charge in [-0.3, -0.25) is 5.10 Å². The fourth-order valence-corrected chi connectivity index (χ4v) is 5.57. The summed E-state index contributed by atoms with van der Waals surface area (Å²) in [6, 6.07) is 6.98. The lowest BCUT2D eigenvalue weighted by molar-refractivity contribution is -0.157. The molecule has 9 heteroatoms. The van der Waals surface area contributed by atoms with Crippen LogP contribution in [0.3, 0.4) is 0 Å². The second kappa shape index (κ2) is 8.13. The first-order chi connectivity index (χ1) is 16.6. The Bertz CT molecular complexity index is 1460. The normalized spacial score (nSPS) is 20.8. The molecule has 3 N–H and O–H groups in total. The van der Waals surface area contributed by atoms with Gasteiger partial charge in [0.2, 0.25) is 0 Å². The number of aromatic amines is 1. The third kappa shape index (κ3) is 3.70. The number of rotatable bonds is 6. The zero-order valence-electron chi connectivity index (χ0n) is 20.2. The highest BCUT2D eigenvalue weighted by atomic mass is 19.1. The van der Waals surface area contributed by atoms with Crippen molar-refractivity contribution in [3.05, 3.63) is 53.1 Å². The van der Waals surface area contributed by atoms with Gasteiger partial charge in [-0.2, -0.15) is 5.10 Å². The van der Waals surface area contributed by atoms with Crippen LogP contribution in [-0.4, -0.2) is 55.2 Å². The molecule has 3 heterocycles. The largest absolute Gasteiger partial charge is 0.479 e. The van der Waals surface area contributed by atoms with Crippen molar-refractivity contribution in [1.82, 2.24) is 19.7 Å². The molecule has 1 unspecified atom stereocenters. The Morgan fingerprint density at radius 3 is 2.80 bits per heavy atom. The van der Waals surface area contributed by atoms with Crippen LogP contribution in [0.1, 0.15) is 55.8 Å². The maximum absolute atomic E-state index is 14.2. The zero-order valence-corrected chi connectivity index (χ0v) is 20.2. The van der Waals surface area contributed by atoms with Crippen molar-refractivity contribution in [2.75, 3.05) is 13.7 Å². The maximum Gasteiger partial charge on any atom is 0.335 e. The number of hydrogen-bond acceptors (Lipinski definition) is 5. The van der Waals surface area contributed by atoms with E-state index in [1.165, 1.54) is 6.07 Å². The number of nitrogens with one attached hydrogen (secondary N) is 1. The summed E-state index contributed by atoms with van der Waals surface area (Å²) in [5.41, 5.74) is 2.93. The van der Waals surface area contributed by atoms with Crippen LogP contribution < -0.4 is 0 Å². The fraction of sp³-hybridized carbons (Fsp3) is 0.423. The van der Waals surface area contributed by atoms with Crippen molar-refractivity contribution < 1.29 is 24.1 Å². The lowest BCUT2D eigenvalue weighted by Gasteiger charge is -2.29. The van der Waals surface area contributed by atoms with Crippen LogP contribution in [0.25, 0.3) is 27.8 Å². The first-order valence-electron chi connectivity index (χ1n) is 11.7. The van der Waals surface area contributed by atoms with Gasteiger partial charge in [0.25, 0.3) is 0 Å². The maximum atomic E-state index is 14.2. The molecule has 0 radical (unpaired) electrons. The minimum Gasteiger partial charge on any atom is -0.479 e. The van der Waals surface area contributed by atoms with Gasteiger partial charge in [0.15, 0.2) is 11.2 Å². The van der Waals surface area contributed by atoms with E-state index in [2.05, 4.69) is 28.6 Å². The average molecular weight is 481 g/mol. The van der Waals surface area contributed by atoms with Gasteiger partial charge in [0.1, 0.15) is 5.82 Å². The molecule has 1 aliphatic rings. The summed E-state index contributed by atoms with van der Waals surface area (Å²) in [5.74, 6) is -1.74. The predicted molar refractivity (Wildman–Crippen MR) is 129 cm³/mol. The number of carboxylic acids is 1. The predicted octanol–water partition coefficient (Wildman–Crippen LogP) is 4.36. The third-order valence-electron chi connectivity index (χ3n) is 7.22. The van der Waals surface area contributed by atoms with E-state index in [4.69, 9.17) is 9.72 Å². The molecule has 4 aromatic rings. The number of hydrogen-bond donors (Lipinski definition) is 3. The summed E-state index contributed by atoms with van der Waals surface area (Å²) >= 11 is 0. The molecule has 0 saturated heterocycles. The number of aromatic nitrogens is 4. The van der Waals surface area contributed by atoms with Crippen molar-refractivity contribution in [3.8, 4) is 5.69 Å². The van der Waals surface area contributed by atoms with Gasteiger partial charge in [-0.15, -0.1) is 0 Å². The monoisotopic (exact) mass is 480 g/mol. The molecule has 1 fully saturated rings. The molecule has 0 amide bonds. The molecule has 184 valence electrons. The number of methoxy groups -OCH3 is 1. The van der Waals surface area contributed by atoms with Crippen LogP contribution in [0.15, 0.2) is 30.5 Å². The number of halogens is 1. The molecule has 1 aliphatic carbocycles. The third-order valence-corrected chi connectivity index (χ3v) is 7.22. The summed E-state index contributed by atoms with van der Waals surface area (Å²) < 4.78 is 21.9. The number of aryl methyl sites for hydroxylation is 1. The van der Waals surface area contributed by atoms with Crippen molar-refractivity contribution in [1.29, 1.82) is 0 Å². The highest BCUT2D eigenvalue weighted by molar-refractivity contribution is 5.94. The molecule has 3 aromatic heterocycles. The van der Waals surface area contributed by atoms with E-state index in [1.807, 2.05) is 6.07 Å². The number of carboxylic acid groups (broad SMARTS) is 1. The van der Waals surface area contributed by atoms with Crippen LogP contribution in [-0.2, 0) is 14.9 Å². The van der Waals surface area contributed by atoms with Gasteiger partial charge in [-0.05, 0) is 61.9 Å². The molecule has 0 bridgehead atoms. The van der Waals surface area contributed by atoms with Gasteiger partial charge in [0.05, 0.1) is 23.8 Å². The minimum atomic E-state index is -1.79. The molecule has 8 nitrogen and oxygen atoms in total. The first kappa shape index (κ1) is 23.4. The number of aliphatic carboxylic acids is 1. The van der Waals surface area contributed by atoms with E-state index < -0.39 is 17.0 Å². The first-order valence-corrected chi connectivity index (χ1v) is 11.7. The number of ether oxygens (including phenoxy) is 1. The van der Waals surface area contributed by atoms with Gasteiger partial charge >= 0.3 is 5.97 Å². The Morgan fingerprint density at radius 1 is 1.37 bits per heavy atom. The smallest absolute Gasteiger partial charge is 0.335 e. The molecular formula is C26H29FN4O4. The van der Waals surface area contributed by atoms with E-state index >= 15 is 0 Å². The average Bonchev–Trinajstić information content (AvgIpc) is 3.50. The van der Waals surface area contributed by atoms with Crippen LogP contribution in [0.2, 0.25) is 0 Å². The SMILES string of the molecule is COCC(C)(C)c1c(C2CC[C@@](O)(C(=O)O)C2)c2nc3[nH]ncc3cc2n1-c1ccc(F)c(C)c1. The van der Waals surface area contributed by atoms with Crippen LogP contribution >= 0.6 is 0 Å². The van der Waals surface area contributed by atoms with Crippen molar-refractivity contribution in [2.24, 2.45) is 0 Å². The van der Waals surface area contributed by atoms with E-state index in [1.54, 1.807) is 32.4 Å². The molecule has 5 rings (SSSR count). The summed E-state index contributed by atoms with van der Waals surface area (Å²) in [7, 11) is 1.64. The molecular weight excluding hydrogens is 451 g/mol. The number of aliphatic hydroxyl groups is 1. The van der Waals surface area contributed by atoms with Crippen LogP contribution in [0, 0.1) is 12.7 Å². The molecule has 1 aromatic carbocycles. The van der Waals surface area contributed by atoms with Crippen molar-refractivity contribution >= 4 is 28.0 Å². The van der Waals surface area contributed by atoms with Gasteiger partial charge < -0.3 is 19.5 Å². The standard InChI is InChI=1S/C26H29FN4O4/c1-14-9-17(5-6-18(14)27)31-19-10-16-12-28-30-23(16)29-21(19)20(22(31)25(2,3)13-35-4)15-7-8-26(34,11-15)24(32)33/h5-6,9-10,12,15,34H,7-8,11,13H2,1-4H3,(H,32,33)(H,28,29,30)/t15?,26-/m0/s1. The Morgan fingerprint density at radius 2 is 2.14 bits per heavy atom. The van der Waals surface area contributed by atoms with E-state index in [-0.39, 0.29) is 24.6 Å². The Labute approximate surface area is 201 Å². The number of carbonyl (C=O) groups is 1. The highest BCUT2D eigenvalue weighted by Gasteiger charge is 2.47. The van der Waals surface area contributed by atoms with Gasteiger partial charge in [0, 0.05) is 34.9 Å². The summed E-state index contributed by atoms with van der Waals surface area (Å²) in [5, 5.41) is 28.3. The van der Waals surface area contributed by atoms with E-state index in [9.17, 15) is 19.4 Å². The van der Waals surface area contributed by atoms with E-state index in [0.29, 0.717) is 29.8 Å². The van der Waals surface area contributed by atoms with Crippen molar-refractivity contribution in [2.45, 2.75) is 57.0 Å². The Hall–Kier alpha value is -3.30. The van der Waals surface area contributed by atoms with E-state index in [0.717, 1.165) is 27.8 Å². The topological polar surface area (TPSA) is 113 Å². The molecule has 2 atom stereocenters. The molecule has 35 heavy (non-hydrogen) atoms. The Kier molecular flexibility index (Phi) is 5.45. The van der Waals surface area contributed by atoms with Crippen LogP contribution in [0.5, 0.6) is 0 Å². The number of H-pyrrole nitrogens is 1. The van der Waals surface area contributed by atoms with Gasteiger partial charge in [-0.1, -0.05) is 13.8 Å². The molecule has 1 saturated carbocycles. The summed E-state index contributed by atoms with van der Waals surface area (Å²) in [4.78, 5) is 16.8.